The maximum atomic E-state index is 12.0. The van der Waals surface area contributed by atoms with Gasteiger partial charge in [-0.1, -0.05) is 30.3 Å². The molecule has 1 heterocycles. The molecular formula is C15H22N2O3. The number of methoxy groups -OCH3 is 1. The number of piperidine rings is 1. The van der Waals surface area contributed by atoms with Crippen molar-refractivity contribution in [3.63, 3.8) is 0 Å². The van der Waals surface area contributed by atoms with Crippen LogP contribution in [-0.4, -0.2) is 43.3 Å². The molecule has 0 radical (unpaired) electrons. The smallest absolute Gasteiger partial charge is 0.410 e. The number of nitrogens with two attached hydrogens (primary N) is 1. The molecular weight excluding hydrogens is 256 g/mol. The van der Waals surface area contributed by atoms with E-state index in [2.05, 4.69) is 0 Å². The van der Waals surface area contributed by atoms with E-state index in [0.717, 1.165) is 18.4 Å². The van der Waals surface area contributed by atoms with Gasteiger partial charge in [0, 0.05) is 26.7 Å². The van der Waals surface area contributed by atoms with Crippen LogP contribution in [0.5, 0.6) is 0 Å². The summed E-state index contributed by atoms with van der Waals surface area (Å²) in [6.07, 6.45) is 1.23. The fourth-order valence-electron chi connectivity index (χ4n) is 2.40. The lowest BCUT2D eigenvalue weighted by molar-refractivity contribution is -0.0482. The van der Waals surface area contributed by atoms with Crippen molar-refractivity contribution < 1.29 is 14.3 Å². The van der Waals surface area contributed by atoms with Crippen LogP contribution in [0.25, 0.3) is 0 Å². The van der Waals surface area contributed by atoms with Crippen LogP contribution >= 0.6 is 0 Å². The molecule has 5 heteroatoms. The monoisotopic (exact) mass is 278 g/mol. The standard InChI is InChI=1S/C15H22N2O3/c1-19-15(12-16)7-9-17(10-8-15)14(18)20-11-13-5-3-2-4-6-13/h2-6H,7-12,16H2,1H3. The van der Waals surface area contributed by atoms with Gasteiger partial charge in [0.15, 0.2) is 0 Å². The first kappa shape index (κ1) is 14.8. The molecule has 20 heavy (non-hydrogen) atoms. The van der Waals surface area contributed by atoms with Crippen LogP contribution in [0.2, 0.25) is 0 Å². The van der Waals surface area contributed by atoms with Gasteiger partial charge in [-0.25, -0.2) is 4.79 Å². The molecule has 1 saturated heterocycles. The van der Waals surface area contributed by atoms with Gasteiger partial charge in [0.05, 0.1) is 5.60 Å². The van der Waals surface area contributed by atoms with Crippen LogP contribution in [0.15, 0.2) is 30.3 Å². The molecule has 0 saturated carbocycles. The van der Waals surface area contributed by atoms with Crippen molar-refractivity contribution in [3.8, 4) is 0 Å². The lowest BCUT2D eigenvalue weighted by Gasteiger charge is -2.39. The molecule has 1 amide bonds. The third-order valence-corrected chi connectivity index (χ3v) is 3.94. The minimum atomic E-state index is -0.282. The maximum Gasteiger partial charge on any atom is 0.410 e. The van der Waals surface area contributed by atoms with Gasteiger partial charge in [0.1, 0.15) is 6.61 Å². The first-order valence-electron chi connectivity index (χ1n) is 6.90. The largest absolute Gasteiger partial charge is 0.445 e. The molecule has 2 N–H and O–H groups in total. The Morgan fingerprint density at radius 1 is 1.30 bits per heavy atom. The number of carbonyl (C=O) groups is 1. The normalized spacial score (nSPS) is 17.8. The quantitative estimate of drug-likeness (QED) is 0.911. The highest BCUT2D eigenvalue weighted by molar-refractivity contribution is 5.67. The van der Waals surface area contributed by atoms with Crippen molar-refractivity contribution in [2.45, 2.75) is 25.0 Å². The second kappa shape index (κ2) is 6.72. The molecule has 0 bridgehead atoms. The van der Waals surface area contributed by atoms with E-state index in [-0.39, 0.29) is 11.7 Å². The first-order valence-corrected chi connectivity index (χ1v) is 6.90. The Hall–Kier alpha value is -1.59. The summed E-state index contributed by atoms with van der Waals surface area (Å²) in [7, 11) is 1.68. The second-order valence-electron chi connectivity index (χ2n) is 5.12. The van der Waals surface area contributed by atoms with Gasteiger partial charge in [0.2, 0.25) is 0 Å². The summed E-state index contributed by atoms with van der Waals surface area (Å²) >= 11 is 0. The van der Waals surface area contributed by atoms with E-state index in [1.165, 1.54) is 0 Å². The fourth-order valence-corrected chi connectivity index (χ4v) is 2.40. The van der Waals surface area contributed by atoms with Crippen molar-refractivity contribution >= 4 is 6.09 Å². The highest BCUT2D eigenvalue weighted by Gasteiger charge is 2.35. The minimum Gasteiger partial charge on any atom is -0.445 e. The summed E-state index contributed by atoms with van der Waals surface area (Å²) in [5.41, 5.74) is 6.46. The van der Waals surface area contributed by atoms with E-state index in [0.29, 0.717) is 26.2 Å². The van der Waals surface area contributed by atoms with Gasteiger partial charge in [-0.05, 0) is 18.4 Å². The van der Waals surface area contributed by atoms with Crippen LogP contribution in [0.3, 0.4) is 0 Å². The minimum absolute atomic E-state index is 0.268. The molecule has 1 fully saturated rings. The molecule has 0 unspecified atom stereocenters. The van der Waals surface area contributed by atoms with Gasteiger partial charge < -0.3 is 20.1 Å². The number of nitrogens with zero attached hydrogens (tertiary/aromatic N) is 1. The Morgan fingerprint density at radius 2 is 1.95 bits per heavy atom. The predicted octanol–water partition coefficient (Wildman–Crippen LogP) is 1.76. The number of ether oxygens (including phenoxy) is 2. The lowest BCUT2D eigenvalue weighted by atomic mass is 9.91. The number of rotatable bonds is 4. The van der Waals surface area contributed by atoms with E-state index < -0.39 is 0 Å². The molecule has 5 nitrogen and oxygen atoms in total. The van der Waals surface area contributed by atoms with Gasteiger partial charge >= 0.3 is 6.09 Å². The Bertz CT molecular complexity index is 422. The molecule has 0 aromatic heterocycles. The van der Waals surface area contributed by atoms with Crippen molar-refractivity contribution in [2.24, 2.45) is 5.73 Å². The maximum absolute atomic E-state index is 12.0. The van der Waals surface area contributed by atoms with Gasteiger partial charge in [0.25, 0.3) is 0 Å². The molecule has 2 rings (SSSR count). The summed E-state index contributed by atoms with van der Waals surface area (Å²) < 4.78 is 10.8. The molecule has 1 aromatic carbocycles. The van der Waals surface area contributed by atoms with Crippen LogP contribution in [0, 0.1) is 0 Å². The third-order valence-electron chi connectivity index (χ3n) is 3.94. The number of likely N-dealkylation sites (tertiary alicyclic amines) is 1. The molecule has 1 aliphatic heterocycles. The van der Waals surface area contributed by atoms with Crippen molar-refractivity contribution in [1.29, 1.82) is 0 Å². The summed E-state index contributed by atoms with van der Waals surface area (Å²) in [4.78, 5) is 13.7. The molecule has 110 valence electrons. The third kappa shape index (κ3) is 3.49. The molecule has 0 atom stereocenters. The first-order chi connectivity index (χ1) is 9.69. The highest BCUT2D eigenvalue weighted by atomic mass is 16.6. The predicted molar refractivity (Wildman–Crippen MR) is 76.2 cm³/mol. The average Bonchev–Trinajstić information content (AvgIpc) is 2.53. The number of carbonyl (C=O) groups excluding carboxylic acids is 1. The summed E-state index contributed by atoms with van der Waals surface area (Å²) in [6.45, 7) is 2.04. The van der Waals surface area contributed by atoms with E-state index >= 15 is 0 Å². The zero-order valence-corrected chi connectivity index (χ0v) is 11.9. The Labute approximate surface area is 119 Å². The number of amides is 1. The summed E-state index contributed by atoms with van der Waals surface area (Å²) in [5.74, 6) is 0. The average molecular weight is 278 g/mol. The van der Waals surface area contributed by atoms with Crippen molar-refractivity contribution in [1.82, 2.24) is 4.90 Å². The molecule has 1 aromatic rings. The Kier molecular flexibility index (Phi) is 4.98. The van der Waals surface area contributed by atoms with Crippen LogP contribution in [-0.2, 0) is 16.1 Å². The van der Waals surface area contributed by atoms with E-state index in [1.54, 1.807) is 12.0 Å². The lowest BCUT2D eigenvalue weighted by Crippen LogP contribution is -2.51. The zero-order valence-electron chi connectivity index (χ0n) is 11.9. The number of hydrogen-bond acceptors (Lipinski definition) is 4. The van der Waals surface area contributed by atoms with E-state index in [9.17, 15) is 4.79 Å². The summed E-state index contributed by atoms with van der Waals surface area (Å²) in [6, 6.07) is 9.67. The summed E-state index contributed by atoms with van der Waals surface area (Å²) in [5, 5.41) is 0. The SMILES string of the molecule is COC1(CN)CCN(C(=O)OCc2ccccc2)CC1. The van der Waals surface area contributed by atoms with Gasteiger partial charge in [-0.2, -0.15) is 0 Å². The topological polar surface area (TPSA) is 64.8 Å². The zero-order chi connectivity index (χ0) is 14.4. The van der Waals surface area contributed by atoms with Crippen LogP contribution in [0.4, 0.5) is 4.79 Å². The van der Waals surface area contributed by atoms with Crippen molar-refractivity contribution in [2.75, 3.05) is 26.7 Å². The molecule has 1 aliphatic rings. The van der Waals surface area contributed by atoms with Gasteiger partial charge in [-0.3, -0.25) is 0 Å². The van der Waals surface area contributed by atoms with E-state index in [4.69, 9.17) is 15.2 Å². The highest BCUT2D eigenvalue weighted by Crippen LogP contribution is 2.25. The second-order valence-corrected chi connectivity index (χ2v) is 5.12. The Morgan fingerprint density at radius 3 is 2.50 bits per heavy atom. The fraction of sp³-hybridized carbons (Fsp3) is 0.533. The van der Waals surface area contributed by atoms with Crippen molar-refractivity contribution in [3.05, 3.63) is 35.9 Å². The van der Waals surface area contributed by atoms with Crippen LogP contribution < -0.4 is 5.73 Å². The van der Waals surface area contributed by atoms with Crippen LogP contribution in [0.1, 0.15) is 18.4 Å². The molecule has 0 spiro atoms. The van der Waals surface area contributed by atoms with Gasteiger partial charge in [-0.15, -0.1) is 0 Å². The number of hydrogen-bond donors (Lipinski definition) is 1. The molecule has 0 aliphatic carbocycles. The van der Waals surface area contributed by atoms with E-state index in [1.807, 2.05) is 30.3 Å². The Balaban J connectivity index is 1.80. The number of benzene rings is 1.